The zero-order chi connectivity index (χ0) is 23.4. The van der Waals surface area contributed by atoms with E-state index in [0.29, 0.717) is 50.0 Å². The third kappa shape index (κ3) is 5.23. The zero-order valence-electron chi connectivity index (χ0n) is 18.8. The Labute approximate surface area is 193 Å². The van der Waals surface area contributed by atoms with Gasteiger partial charge in [0.25, 0.3) is 0 Å². The number of carbonyl (C=O) groups is 1. The summed E-state index contributed by atoms with van der Waals surface area (Å²) in [6.45, 7) is 2.69. The van der Waals surface area contributed by atoms with Crippen LogP contribution in [0.25, 0.3) is 0 Å². The van der Waals surface area contributed by atoms with Gasteiger partial charge in [0.05, 0.1) is 26.7 Å². The van der Waals surface area contributed by atoms with Gasteiger partial charge < -0.3 is 23.8 Å². The number of likely N-dealkylation sites (N-methyl/N-ethyl adjacent to an activating group) is 1. The monoisotopic (exact) mass is 476 g/mol. The highest BCUT2D eigenvalue weighted by molar-refractivity contribution is 7.89. The van der Waals surface area contributed by atoms with Crippen molar-refractivity contribution in [1.82, 2.24) is 9.21 Å². The third-order valence-corrected chi connectivity index (χ3v) is 7.54. The van der Waals surface area contributed by atoms with Crippen molar-refractivity contribution in [3.8, 4) is 17.2 Å². The molecule has 1 amide bonds. The van der Waals surface area contributed by atoms with E-state index in [4.69, 9.17) is 18.9 Å². The summed E-state index contributed by atoms with van der Waals surface area (Å²) in [5, 5.41) is 0. The van der Waals surface area contributed by atoms with Crippen LogP contribution in [0.3, 0.4) is 0 Å². The maximum Gasteiger partial charge on any atom is 0.246 e. The van der Waals surface area contributed by atoms with Gasteiger partial charge in [-0.1, -0.05) is 12.1 Å². The van der Waals surface area contributed by atoms with Crippen molar-refractivity contribution >= 4 is 15.9 Å². The number of hydrogen-bond donors (Lipinski definition) is 0. The van der Waals surface area contributed by atoms with Crippen LogP contribution in [-0.4, -0.2) is 77.2 Å². The lowest BCUT2D eigenvalue weighted by molar-refractivity contribution is -0.129. The average Bonchev–Trinajstić information content (AvgIpc) is 2.84. The minimum Gasteiger partial charge on any atom is -0.495 e. The number of methoxy groups -OCH3 is 1. The number of fused-ring (bicyclic) bond motifs is 1. The number of hydrogen-bond acceptors (Lipinski definition) is 7. The first-order valence-electron chi connectivity index (χ1n) is 10.8. The van der Waals surface area contributed by atoms with Gasteiger partial charge in [-0.25, -0.2) is 8.42 Å². The van der Waals surface area contributed by atoms with Crippen molar-refractivity contribution in [2.24, 2.45) is 0 Å². The van der Waals surface area contributed by atoms with E-state index in [-0.39, 0.29) is 36.1 Å². The van der Waals surface area contributed by atoms with Gasteiger partial charge in [0.1, 0.15) is 23.9 Å². The van der Waals surface area contributed by atoms with E-state index >= 15 is 0 Å². The Hall–Kier alpha value is -2.82. The average molecular weight is 477 g/mol. The van der Waals surface area contributed by atoms with Gasteiger partial charge in [0.15, 0.2) is 11.5 Å². The van der Waals surface area contributed by atoms with Crippen LogP contribution in [0, 0.1) is 0 Å². The Bertz CT molecular complexity index is 1110. The molecule has 4 rings (SSSR count). The summed E-state index contributed by atoms with van der Waals surface area (Å²) in [7, 11) is -0.617. The molecule has 1 fully saturated rings. The Balaban J connectivity index is 1.48. The summed E-state index contributed by atoms with van der Waals surface area (Å²) in [5.41, 5.74) is 1.52. The molecule has 0 unspecified atom stereocenters. The molecule has 0 spiro atoms. The molecule has 0 aromatic heterocycles. The van der Waals surface area contributed by atoms with Crippen molar-refractivity contribution in [3.05, 3.63) is 47.5 Å². The summed E-state index contributed by atoms with van der Waals surface area (Å²) in [6, 6.07) is 10.5. The minimum atomic E-state index is -3.76. The summed E-state index contributed by atoms with van der Waals surface area (Å²) in [4.78, 5) is 14.5. The molecule has 2 aliphatic rings. The lowest BCUT2D eigenvalue weighted by atomic mass is 10.1. The van der Waals surface area contributed by atoms with E-state index in [1.807, 2.05) is 18.2 Å². The second-order valence-corrected chi connectivity index (χ2v) is 9.81. The number of nitrogens with zero attached hydrogens (tertiary/aromatic N) is 2. The van der Waals surface area contributed by atoms with Crippen LogP contribution in [0.4, 0.5) is 0 Å². The molecule has 2 heterocycles. The molecule has 0 radical (unpaired) electrons. The zero-order valence-corrected chi connectivity index (χ0v) is 19.6. The van der Waals surface area contributed by atoms with E-state index < -0.39 is 10.0 Å². The maximum absolute atomic E-state index is 13.2. The van der Waals surface area contributed by atoms with E-state index in [1.165, 1.54) is 17.5 Å². The maximum atomic E-state index is 13.2. The number of rotatable bonds is 7. The molecule has 1 saturated heterocycles. The molecule has 178 valence electrons. The molecule has 0 bridgehead atoms. The van der Waals surface area contributed by atoms with Crippen LogP contribution >= 0.6 is 0 Å². The predicted octanol–water partition coefficient (Wildman–Crippen LogP) is 1.69. The summed E-state index contributed by atoms with van der Waals surface area (Å²) >= 11 is 0. The topological polar surface area (TPSA) is 94.6 Å². The summed E-state index contributed by atoms with van der Waals surface area (Å²) in [6.07, 6.45) is 0.0661. The van der Waals surface area contributed by atoms with Crippen molar-refractivity contribution in [3.63, 3.8) is 0 Å². The first kappa shape index (κ1) is 23.3. The van der Waals surface area contributed by atoms with E-state index in [9.17, 15) is 13.2 Å². The molecule has 0 aliphatic carbocycles. The Morgan fingerprint density at radius 2 is 1.70 bits per heavy atom. The van der Waals surface area contributed by atoms with E-state index in [1.54, 1.807) is 24.1 Å². The Morgan fingerprint density at radius 3 is 2.42 bits per heavy atom. The van der Waals surface area contributed by atoms with Crippen LogP contribution in [0.15, 0.2) is 41.3 Å². The fourth-order valence-corrected chi connectivity index (χ4v) is 5.43. The second kappa shape index (κ2) is 9.98. The molecule has 0 N–H and O–H groups in total. The number of sulfonamides is 1. The van der Waals surface area contributed by atoms with Gasteiger partial charge in [-0.3, -0.25) is 4.79 Å². The molecule has 9 nitrogen and oxygen atoms in total. The van der Waals surface area contributed by atoms with E-state index in [2.05, 4.69) is 0 Å². The normalized spacial score (nSPS) is 16.3. The van der Waals surface area contributed by atoms with Gasteiger partial charge in [0.2, 0.25) is 15.9 Å². The standard InChI is InChI=1S/C23H28N2O7S/c1-24(16-18-4-5-19-21(13-18)32-12-11-31-19)23(26)15-17-3-6-20(29-2)22(14-17)33(27,28)25-7-9-30-10-8-25/h3-6,13-14H,7-12,15-16H2,1-2H3. The Morgan fingerprint density at radius 1 is 1.00 bits per heavy atom. The lowest BCUT2D eigenvalue weighted by Crippen LogP contribution is -2.40. The number of amides is 1. The quantitative estimate of drug-likeness (QED) is 0.600. The fourth-order valence-electron chi connectivity index (χ4n) is 3.82. The predicted molar refractivity (Wildman–Crippen MR) is 120 cm³/mol. The number of benzene rings is 2. The van der Waals surface area contributed by atoms with Crippen LogP contribution < -0.4 is 14.2 Å². The molecular formula is C23H28N2O7S. The van der Waals surface area contributed by atoms with Crippen molar-refractivity contribution in [2.75, 3.05) is 53.7 Å². The van der Waals surface area contributed by atoms with Crippen molar-refractivity contribution in [2.45, 2.75) is 17.9 Å². The highest BCUT2D eigenvalue weighted by atomic mass is 32.2. The number of morpholine rings is 1. The molecule has 10 heteroatoms. The van der Waals surface area contributed by atoms with Crippen LogP contribution in [-0.2, 0) is 32.5 Å². The number of carbonyl (C=O) groups excluding carboxylic acids is 1. The van der Waals surface area contributed by atoms with Gasteiger partial charge in [-0.05, 0) is 35.4 Å². The number of ether oxygens (including phenoxy) is 4. The van der Waals surface area contributed by atoms with Crippen molar-refractivity contribution < 1.29 is 32.2 Å². The van der Waals surface area contributed by atoms with Crippen LogP contribution in [0.1, 0.15) is 11.1 Å². The molecule has 2 aliphatic heterocycles. The molecule has 0 atom stereocenters. The SMILES string of the molecule is COc1ccc(CC(=O)N(C)Cc2ccc3c(c2)OCCO3)cc1S(=O)(=O)N1CCOCC1. The smallest absolute Gasteiger partial charge is 0.246 e. The van der Waals surface area contributed by atoms with Crippen LogP contribution in [0.5, 0.6) is 17.2 Å². The second-order valence-electron chi connectivity index (χ2n) is 7.91. The molecule has 2 aromatic carbocycles. The molecule has 2 aromatic rings. The minimum absolute atomic E-state index is 0.0617. The molecule has 33 heavy (non-hydrogen) atoms. The highest BCUT2D eigenvalue weighted by Crippen LogP contribution is 2.31. The van der Waals surface area contributed by atoms with Gasteiger partial charge in [-0.2, -0.15) is 4.31 Å². The third-order valence-electron chi connectivity index (χ3n) is 5.62. The van der Waals surface area contributed by atoms with Gasteiger partial charge in [-0.15, -0.1) is 0 Å². The largest absolute Gasteiger partial charge is 0.495 e. The highest BCUT2D eigenvalue weighted by Gasteiger charge is 2.29. The first-order chi connectivity index (χ1) is 15.9. The van der Waals surface area contributed by atoms with Crippen molar-refractivity contribution in [1.29, 1.82) is 0 Å². The van der Waals surface area contributed by atoms with Gasteiger partial charge in [0, 0.05) is 26.7 Å². The summed E-state index contributed by atoms with van der Waals surface area (Å²) in [5.74, 6) is 1.49. The molecule has 0 saturated carbocycles. The van der Waals surface area contributed by atoms with E-state index in [0.717, 1.165) is 5.56 Å². The lowest BCUT2D eigenvalue weighted by Gasteiger charge is -2.27. The molecular weight excluding hydrogens is 448 g/mol. The van der Waals surface area contributed by atoms with Crippen LogP contribution in [0.2, 0.25) is 0 Å². The first-order valence-corrected chi connectivity index (χ1v) is 12.2. The Kier molecular flexibility index (Phi) is 7.06. The van der Waals surface area contributed by atoms with Gasteiger partial charge >= 0.3 is 0 Å². The summed E-state index contributed by atoms with van der Waals surface area (Å²) < 4.78 is 49.4. The fraction of sp³-hybridized carbons (Fsp3) is 0.435.